The van der Waals surface area contributed by atoms with Gasteiger partial charge in [-0.1, -0.05) is 0 Å². The quantitative estimate of drug-likeness (QED) is 0.774. The summed E-state index contributed by atoms with van der Waals surface area (Å²) in [5.41, 5.74) is 5.44. The van der Waals surface area contributed by atoms with Crippen molar-refractivity contribution >= 4 is 11.9 Å². The number of hydrogen-bond acceptors (Lipinski definition) is 5. The van der Waals surface area contributed by atoms with E-state index in [0.29, 0.717) is 19.0 Å². The molecule has 0 amide bonds. The van der Waals surface area contributed by atoms with E-state index in [-0.39, 0.29) is 6.42 Å². The molecule has 1 saturated heterocycles. The van der Waals surface area contributed by atoms with Crippen molar-refractivity contribution in [2.75, 3.05) is 31.2 Å². The van der Waals surface area contributed by atoms with Crippen molar-refractivity contribution in [2.24, 2.45) is 5.73 Å². The third kappa shape index (κ3) is 2.98. The van der Waals surface area contributed by atoms with Gasteiger partial charge in [0.1, 0.15) is 11.8 Å². The fraction of sp³-hybridized carbons (Fsp3) is 0.545. The molecule has 0 aromatic carbocycles. The standard InChI is InChI=1S/C11H16N2O4/c12-9(11(14)15)7-8-1-2-10(17-8)13-3-5-16-6-4-13/h1-2,9H,3-7,12H2,(H,14,15)/t9-/m1/s1. The first kappa shape index (κ1) is 11.9. The predicted octanol–water partition coefficient (Wildman–Crippen LogP) is 0.0706. The molecule has 0 saturated carbocycles. The number of carboxylic acids is 1. The Labute approximate surface area is 98.9 Å². The second-order valence-corrected chi connectivity index (χ2v) is 3.99. The number of nitrogens with two attached hydrogens (primary N) is 1. The lowest BCUT2D eigenvalue weighted by Gasteiger charge is -2.26. The Morgan fingerprint density at radius 3 is 2.82 bits per heavy atom. The zero-order valence-corrected chi connectivity index (χ0v) is 9.46. The van der Waals surface area contributed by atoms with Gasteiger partial charge in [-0.25, -0.2) is 0 Å². The van der Waals surface area contributed by atoms with Gasteiger partial charge in [-0.3, -0.25) is 4.79 Å². The van der Waals surface area contributed by atoms with E-state index in [2.05, 4.69) is 4.90 Å². The van der Waals surface area contributed by atoms with Crippen molar-refractivity contribution in [2.45, 2.75) is 12.5 Å². The van der Waals surface area contributed by atoms with Gasteiger partial charge < -0.3 is 24.9 Å². The Bertz CT molecular complexity index is 385. The van der Waals surface area contributed by atoms with E-state index in [4.69, 9.17) is 20.0 Å². The summed E-state index contributed by atoms with van der Waals surface area (Å²) in [5.74, 6) is 0.330. The van der Waals surface area contributed by atoms with Crippen molar-refractivity contribution in [3.8, 4) is 0 Å². The van der Waals surface area contributed by atoms with Crippen LogP contribution in [-0.2, 0) is 16.0 Å². The SMILES string of the molecule is N[C@H](Cc1ccc(N2CCOCC2)o1)C(=O)O. The summed E-state index contributed by atoms with van der Waals surface area (Å²) in [6, 6.07) is 2.70. The van der Waals surface area contributed by atoms with Gasteiger partial charge in [-0.15, -0.1) is 0 Å². The van der Waals surface area contributed by atoms with Crippen LogP contribution in [0.5, 0.6) is 0 Å². The van der Waals surface area contributed by atoms with Crippen LogP contribution in [0.25, 0.3) is 0 Å². The van der Waals surface area contributed by atoms with Crippen LogP contribution < -0.4 is 10.6 Å². The number of morpholine rings is 1. The zero-order chi connectivity index (χ0) is 12.3. The average Bonchev–Trinajstić information content (AvgIpc) is 2.78. The summed E-state index contributed by atoms with van der Waals surface area (Å²) >= 11 is 0. The fourth-order valence-corrected chi connectivity index (χ4v) is 1.73. The van der Waals surface area contributed by atoms with Crippen molar-refractivity contribution in [3.05, 3.63) is 17.9 Å². The zero-order valence-electron chi connectivity index (χ0n) is 9.46. The molecule has 1 aromatic rings. The molecule has 0 radical (unpaired) electrons. The lowest BCUT2D eigenvalue weighted by atomic mass is 10.2. The maximum absolute atomic E-state index is 10.6. The second-order valence-electron chi connectivity index (χ2n) is 3.99. The lowest BCUT2D eigenvalue weighted by molar-refractivity contribution is -0.138. The van der Waals surface area contributed by atoms with E-state index in [1.165, 1.54) is 0 Å². The highest BCUT2D eigenvalue weighted by Crippen LogP contribution is 2.20. The minimum absolute atomic E-state index is 0.208. The lowest BCUT2D eigenvalue weighted by Crippen LogP contribution is -2.36. The number of aliphatic carboxylic acids is 1. The molecule has 0 spiro atoms. The third-order valence-electron chi connectivity index (χ3n) is 2.71. The second kappa shape index (κ2) is 5.20. The molecule has 17 heavy (non-hydrogen) atoms. The maximum atomic E-state index is 10.6. The summed E-state index contributed by atoms with van der Waals surface area (Å²) in [6.07, 6.45) is 0.208. The van der Waals surface area contributed by atoms with Gasteiger partial charge in [0.15, 0.2) is 5.88 Å². The molecule has 6 heteroatoms. The monoisotopic (exact) mass is 240 g/mol. The van der Waals surface area contributed by atoms with Gasteiger partial charge in [-0.2, -0.15) is 0 Å². The summed E-state index contributed by atoms with van der Waals surface area (Å²) in [7, 11) is 0. The van der Waals surface area contributed by atoms with Crippen LogP contribution in [0.2, 0.25) is 0 Å². The maximum Gasteiger partial charge on any atom is 0.320 e. The predicted molar refractivity (Wildman–Crippen MR) is 61.1 cm³/mol. The minimum Gasteiger partial charge on any atom is -0.480 e. The summed E-state index contributed by atoms with van der Waals surface area (Å²) in [4.78, 5) is 12.7. The van der Waals surface area contributed by atoms with Crippen LogP contribution >= 0.6 is 0 Å². The van der Waals surface area contributed by atoms with Gasteiger partial charge >= 0.3 is 5.97 Å². The Morgan fingerprint density at radius 2 is 2.18 bits per heavy atom. The normalized spacial score (nSPS) is 18.1. The van der Waals surface area contributed by atoms with Gasteiger partial charge in [0.2, 0.25) is 0 Å². The number of carboxylic acid groups (broad SMARTS) is 1. The van der Waals surface area contributed by atoms with E-state index >= 15 is 0 Å². The molecular formula is C11H16N2O4. The molecule has 0 aliphatic carbocycles. The highest BCUT2D eigenvalue weighted by molar-refractivity contribution is 5.73. The van der Waals surface area contributed by atoms with Gasteiger partial charge in [0.25, 0.3) is 0 Å². The smallest absolute Gasteiger partial charge is 0.320 e. The van der Waals surface area contributed by atoms with E-state index < -0.39 is 12.0 Å². The van der Waals surface area contributed by atoms with Gasteiger partial charge in [-0.05, 0) is 6.07 Å². The van der Waals surface area contributed by atoms with E-state index in [1.54, 1.807) is 6.07 Å². The van der Waals surface area contributed by atoms with E-state index in [0.717, 1.165) is 19.0 Å². The van der Waals surface area contributed by atoms with Crippen molar-refractivity contribution in [1.29, 1.82) is 0 Å². The fourth-order valence-electron chi connectivity index (χ4n) is 1.73. The molecule has 2 heterocycles. The van der Waals surface area contributed by atoms with E-state index in [1.807, 2.05) is 6.07 Å². The molecule has 1 aromatic heterocycles. The minimum atomic E-state index is -1.02. The largest absolute Gasteiger partial charge is 0.480 e. The summed E-state index contributed by atoms with van der Waals surface area (Å²) in [5, 5.41) is 8.71. The first-order valence-electron chi connectivity index (χ1n) is 5.56. The van der Waals surface area contributed by atoms with Crippen LogP contribution in [0.1, 0.15) is 5.76 Å². The molecule has 3 N–H and O–H groups in total. The molecule has 0 unspecified atom stereocenters. The molecular weight excluding hydrogens is 224 g/mol. The van der Waals surface area contributed by atoms with Gasteiger partial charge in [0.05, 0.1) is 13.2 Å². The Balaban J connectivity index is 1.97. The van der Waals surface area contributed by atoms with Gasteiger partial charge in [0, 0.05) is 25.6 Å². The summed E-state index contributed by atoms with van der Waals surface area (Å²) in [6.45, 7) is 2.95. The highest BCUT2D eigenvalue weighted by Gasteiger charge is 2.17. The third-order valence-corrected chi connectivity index (χ3v) is 2.71. The average molecular weight is 240 g/mol. The first-order chi connectivity index (χ1) is 8.16. The molecule has 1 aliphatic heterocycles. The van der Waals surface area contributed by atoms with Crippen molar-refractivity contribution in [1.82, 2.24) is 0 Å². The number of furan rings is 1. The van der Waals surface area contributed by atoms with Crippen LogP contribution in [0, 0.1) is 0 Å². The number of carbonyl (C=O) groups is 1. The van der Waals surface area contributed by atoms with Crippen molar-refractivity contribution < 1.29 is 19.1 Å². The molecule has 2 rings (SSSR count). The molecule has 6 nitrogen and oxygen atoms in total. The van der Waals surface area contributed by atoms with Crippen molar-refractivity contribution in [3.63, 3.8) is 0 Å². The molecule has 1 atom stereocenters. The molecule has 1 aliphatic rings. The Hall–Kier alpha value is -1.53. The number of nitrogens with zero attached hydrogens (tertiary/aromatic N) is 1. The van der Waals surface area contributed by atoms with Crippen LogP contribution in [0.3, 0.4) is 0 Å². The Morgan fingerprint density at radius 1 is 1.47 bits per heavy atom. The Kier molecular flexibility index (Phi) is 3.65. The highest BCUT2D eigenvalue weighted by atomic mass is 16.5. The summed E-state index contributed by atoms with van der Waals surface area (Å²) < 4.78 is 10.8. The number of anilines is 1. The van der Waals surface area contributed by atoms with Crippen LogP contribution in [-0.4, -0.2) is 43.4 Å². The molecule has 0 bridgehead atoms. The first-order valence-corrected chi connectivity index (χ1v) is 5.56. The number of hydrogen-bond donors (Lipinski definition) is 2. The van der Waals surface area contributed by atoms with Crippen LogP contribution in [0.15, 0.2) is 16.5 Å². The van der Waals surface area contributed by atoms with Crippen LogP contribution in [0.4, 0.5) is 5.88 Å². The molecule has 94 valence electrons. The molecule has 1 fully saturated rings. The number of ether oxygens (including phenoxy) is 1. The van der Waals surface area contributed by atoms with E-state index in [9.17, 15) is 4.79 Å². The number of rotatable bonds is 4. The topological polar surface area (TPSA) is 88.9 Å².